The number of benzene rings is 1. The van der Waals surface area contributed by atoms with Crippen LogP contribution in [-0.4, -0.2) is 46.0 Å². The molecule has 1 spiro atoms. The first-order valence-corrected chi connectivity index (χ1v) is 13.7. The molecule has 204 valence electrons. The van der Waals surface area contributed by atoms with Crippen molar-refractivity contribution < 1.29 is 24.3 Å². The van der Waals surface area contributed by atoms with Gasteiger partial charge in [0.05, 0.1) is 0 Å². The first-order valence-electron chi connectivity index (χ1n) is 13.7. The van der Waals surface area contributed by atoms with Gasteiger partial charge in [-0.2, -0.15) is 0 Å². The number of hydrogen-bond acceptors (Lipinski definition) is 5. The highest BCUT2D eigenvalue weighted by Crippen LogP contribution is 2.64. The molecule has 1 saturated heterocycles. The van der Waals surface area contributed by atoms with Gasteiger partial charge in [-0.25, -0.2) is 0 Å². The fourth-order valence-corrected chi connectivity index (χ4v) is 7.43. The summed E-state index contributed by atoms with van der Waals surface area (Å²) in [7, 11) is 0. The quantitative estimate of drug-likeness (QED) is 0.318. The zero-order valence-corrected chi connectivity index (χ0v) is 22.8. The fourth-order valence-electron chi connectivity index (χ4n) is 7.43. The second kappa shape index (κ2) is 9.87. The molecule has 5 rings (SSSR count). The Kier molecular flexibility index (Phi) is 6.83. The molecule has 3 aliphatic rings. The van der Waals surface area contributed by atoms with Gasteiger partial charge in [0.1, 0.15) is 17.8 Å². The van der Waals surface area contributed by atoms with Crippen LogP contribution < -0.4 is 5.32 Å². The van der Waals surface area contributed by atoms with E-state index in [0.717, 1.165) is 34.9 Å². The number of aliphatic hydroxyl groups is 1. The van der Waals surface area contributed by atoms with Gasteiger partial charge in [0.25, 0.3) is 0 Å². The molecule has 2 heterocycles. The van der Waals surface area contributed by atoms with Crippen molar-refractivity contribution in [2.24, 2.45) is 34.5 Å². The summed E-state index contributed by atoms with van der Waals surface area (Å²) in [5.41, 5.74) is -0.00473. The third kappa shape index (κ3) is 4.06. The van der Waals surface area contributed by atoms with Crippen LogP contribution in [-0.2, 0) is 25.6 Å². The average Bonchev–Trinajstić information content (AvgIpc) is 3.51. The van der Waals surface area contributed by atoms with E-state index in [4.69, 9.17) is 0 Å². The van der Waals surface area contributed by atoms with Crippen molar-refractivity contribution >= 4 is 34.7 Å². The number of para-hydroxylation sites is 1. The molecule has 39 heavy (non-hydrogen) atoms. The minimum Gasteiger partial charge on any atom is -0.381 e. The van der Waals surface area contributed by atoms with Crippen molar-refractivity contribution in [2.75, 3.05) is 0 Å². The number of fused-ring (bicyclic) bond motifs is 1. The molecule has 7 heteroatoms. The van der Waals surface area contributed by atoms with E-state index >= 15 is 0 Å². The number of aldehydes is 1. The number of aromatic nitrogens is 1. The molecule has 0 bridgehead atoms. The molecule has 7 nitrogen and oxygen atoms in total. The van der Waals surface area contributed by atoms with Crippen molar-refractivity contribution in [2.45, 2.75) is 52.7 Å². The number of allylic oxidation sites excluding steroid dienone is 4. The molecule has 0 unspecified atom stereocenters. The average molecular weight is 529 g/mol. The van der Waals surface area contributed by atoms with Crippen LogP contribution in [0.15, 0.2) is 66.4 Å². The van der Waals surface area contributed by atoms with Crippen molar-refractivity contribution in [3.8, 4) is 0 Å². The molecule has 1 saturated carbocycles. The van der Waals surface area contributed by atoms with Crippen LogP contribution in [0.1, 0.15) is 39.7 Å². The number of aromatic amines is 1. The van der Waals surface area contributed by atoms with Crippen LogP contribution in [0.25, 0.3) is 10.9 Å². The van der Waals surface area contributed by atoms with Crippen LogP contribution in [0.4, 0.5) is 0 Å². The third-order valence-corrected chi connectivity index (χ3v) is 9.59. The topological polar surface area (TPSA) is 116 Å². The standard InChI is InChI=1S/C32H36N2O5/c1-18-8-7-11-26-31(4,17-35)20(3)28-24(15-21-16-33-23-10-6-5-9-22(21)23)34-30(39)32(26,28)27(37)13-12-25(36)29(38)19(2)14-18/h5-7,9-14,16-18,20,24,26,28-29,33,38H,8,15H2,1-4H3,(H,34,39)/b11-7+,13-12+,19-14+/t18-,20-,24-,26-,28-,29+,31-,32+/m0/s1. The summed E-state index contributed by atoms with van der Waals surface area (Å²) >= 11 is 0. The molecule has 2 aliphatic carbocycles. The van der Waals surface area contributed by atoms with E-state index in [2.05, 4.69) is 10.3 Å². The summed E-state index contributed by atoms with van der Waals surface area (Å²) < 4.78 is 0. The van der Waals surface area contributed by atoms with E-state index in [1.807, 2.05) is 69.5 Å². The van der Waals surface area contributed by atoms with Crippen molar-refractivity contribution in [3.05, 3.63) is 72.0 Å². The monoisotopic (exact) mass is 528 g/mol. The van der Waals surface area contributed by atoms with E-state index in [0.29, 0.717) is 18.4 Å². The maximum atomic E-state index is 14.2. The summed E-state index contributed by atoms with van der Waals surface area (Å²) in [6.07, 6.45) is 10.4. The number of rotatable bonds is 3. The zero-order chi connectivity index (χ0) is 28.1. The molecule has 1 aromatic heterocycles. The van der Waals surface area contributed by atoms with Gasteiger partial charge in [-0.05, 0) is 61.0 Å². The Morgan fingerprint density at radius 1 is 1.13 bits per heavy atom. The van der Waals surface area contributed by atoms with Gasteiger partial charge in [-0.3, -0.25) is 14.4 Å². The summed E-state index contributed by atoms with van der Waals surface area (Å²) in [6, 6.07) is 7.54. The smallest absolute Gasteiger partial charge is 0.235 e. The van der Waals surface area contributed by atoms with E-state index in [1.165, 1.54) is 0 Å². The van der Waals surface area contributed by atoms with Gasteiger partial charge < -0.3 is 20.2 Å². The normalized spacial score (nSPS) is 39.9. The Morgan fingerprint density at radius 2 is 1.87 bits per heavy atom. The Labute approximate surface area is 228 Å². The summed E-state index contributed by atoms with van der Waals surface area (Å²) in [5.74, 6) is -3.00. The highest BCUT2D eigenvalue weighted by molar-refractivity contribution is 6.16. The lowest BCUT2D eigenvalue weighted by molar-refractivity contribution is -0.141. The van der Waals surface area contributed by atoms with Crippen LogP contribution >= 0.6 is 0 Å². The number of hydrogen-bond donors (Lipinski definition) is 3. The molecule has 2 fully saturated rings. The van der Waals surface area contributed by atoms with Crippen molar-refractivity contribution in [1.82, 2.24) is 10.3 Å². The van der Waals surface area contributed by atoms with Gasteiger partial charge in [-0.1, -0.05) is 57.2 Å². The molecule has 8 atom stereocenters. The minimum absolute atomic E-state index is 0.00391. The maximum absolute atomic E-state index is 14.2. The van der Waals surface area contributed by atoms with Gasteiger partial charge in [0, 0.05) is 40.4 Å². The van der Waals surface area contributed by atoms with E-state index in [-0.39, 0.29) is 17.9 Å². The number of carbonyl (C=O) groups excluding carboxylic acids is 4. The van der Waals surface area contributed by atoms with Crippen LogP contribution in [0.5, 0.6) is 0 Å². The first-order chi connectivity index (χ1) is 18.5. The van der Waals surface area contributed by atoms with Gasteiger partial charge >= 0.3 is 0 Å². The lowest BCUT2D eigenvalue weighted by Gasteiger charge is -2.34. The Hall–Kier alpha value is -3.58. The number of nitrogens with one attached hydrogen (secondary N) is 2. The lowest BCUT2D eigenvalue weighted by atomic mass is 9.65. The molecule has 1 amide bonds. The van der Waals surface area contributed by atoms with E-state index < -0.39 is 46.2 Å². The second-order valence-corrected chi connectivity index (χ2v) is 11.8. The second-order valence-electron chi connectivity index (χ2n) is 11.8. The third-order valence-electron chi connectivity index (χ3n) is 9.59. The SMILES string of the molecule is C/C1=C\[C@@H](C)C/C=C/[C@H]2[C@@](C)(C=O)[C@@H](C)[C@H]3[C@H](Cc4c[nH]c5ccccc45)NC(=O)[C@]32C(=O)/C=C/C(=O)[C@@H]1O. The molecule has 1 aromatic carbocycles. The number of amides is 1. The minimum atomic E-state index is -1.55. The van der Waals surface area contributed by atoms with E-state index in [1.54, 1.807) is 6.92 Å². The van der Waals surface area contributed by atoms with Gasteiger partial charge in [0.15, 0.2) is 11.6 Å². The van der Waals surface area contributed by atoms with Crippen molar-refractivity contribution in [1.29, 1.82) is 0 Å². The largest absolute Gasteiger partial charge is 0.381 e. The Balaban J connectivity index is 1.64. The number of carbonyl (C=O) groups is 4. The van der Waals surface area contributed by atoms with Crippen LogP contribution in [0, 0.1) is 34.5 Å². The number of ketones is 2. The fraction of sp³-hybridized carbons (Fsp3) is 0.438. The zero-order valence-electron chi connectivity index (χ0n) is 22.8. The first kappa shape index (κ1) is 27.0. The number of H-pyrrole nitrogens is 1. The molecule has 3 N–H and O–H groups in total. The van der Waals surface area contributed by atoms with Gasteiger partial charge in [-0.15, -0.1) is 0 Å². The molecular weight excluding hydrogens is 492 g/mol. The lowest BCUT2D eigenvalue weighted by Crippen LogP contribution is -2.47. The maximum Gasteiger partial charge on any atom is 0.235 e. The highest BCUT2D eigenvalue weighted by atomic mass is 16.3. The molecular formula is C32H36N2O5. The molecule has 0 radical (unpaired) electrons. The van der Waals surface area contributed by atoms with Crippen molar-refractivity contribution in [3.63, 3.8) is 0 Å². The van der Waals surface area contributed by atoms with E-state index in [9.17, 15) is 24.3 Å². The summed E-state index contributed by atoms with van der Waals surface area (Å²) in [4.78, 5) is 57.1. The Morgan fingerprint density at radius 3 is 2.62 bits per heavy atom. The molecule has 2 aromatic rings. The predicted molar refractivity (Wildman–Crippen MR) is 149 cm³/mol. The van der Waals surface area contributed by atoms with Crippen LogP contribution in [0.3, 0.4) is 0 Å². The Bertz CT molecular complexity index is 1430. The van der Waals surface area contributed by atoms with Crippen LogP contribution in [0.2, 0.25) is 0 Å². The van der Waals surface area contributed by atoms with Gasteiger partial charge in [0.2, 0.25) is 5.91 Å². The summed E-state index contributed by atoms with van der Waals surface area (Å²) in [6.45, 7) is 7.45. The summed E-state index contributed by atoms with van der Waals surface area (Å²) in [5, 5.41) is 14.7. The predicted octanol–water partition coefficient (Wildman–Crippen LogP) is 3.88. The number of aliphatic hydroxyl groups excluding tert-OH is 1. The highest BCUT2D eigenvalue weighted by Gasteiger charge is 2.74. The molecule has 1 aliphatic heterocycles.